The van der Waals surface area contributed by atoms with E-state index in [2.05, 4.69) is 93.7 Å². The summed E-state index contributed by atoms with van der Waals surface area (Å²) in [6, 6.07) is 0. The number of aliphatic hydroxyl groups excluding tert-OH is 1. The molecule has 3 unspecified atom stereocenters. The van der Waals surface area contributed by atoms with Crippen molar-refractivity contribution < 1.29 is 52.2 Å². The zero-order chi connectivity index (χ0) is 55.5. The zero-order valence-electron chi connectivity index (χ0n) is 48.5. The van der Waals surface area contributed by atoms with Gasteiger partial charge in [0.25, 0.3) is 0 Å². The van der Waals surface area contributed by atoms with E-state index in [0.29, 0.717) is 19.3 Å². The first-order valence-electron chi connectivity index (χ1n) is 30.5. The molecule has 0 aromatic carbocycles. The van der Waals surface area contributed by atoms with E-state index < -0.39 is 57.8 Å². The molecule has 3 atom stereocenters. The van der Waals surface area contributed by atoms with Crippen LogP contribution in [0.15, 0.2) is 85.1 Å². The summed E-state index contributed by atoms with van der Waals surface area (Å²) in [6.45, 7) is 4.35. The molecule has 0 bridgehead atoms. The maximum atomic E-state index is 12.9. The number of hydrogen-bond acceptors (Lipinski definition) is 10. The number of phosphoric ester groups is 1. The van der Waals surface area contributed by atoms with Crippen LogP contribution in [0.25, 0.3) is 0 Å². The molecule has 0 radical (unpaired) electrons. The van der Waals surface area contributed by atoms with Crippen LogP contribution < -0.4 is 0 Å². The highest BCUT2D eigenvalue weighted by Crippen LogP contribution is 2.43. The summed E-state index contributed by atoms with van der Waals surface area (Å²) in [5, 5.41) is 9.80. The second-order valence-electron chi connectivity index (χ2n) is 20.1. The SMILES string of the molecule is CC/C=C\C/C=C\C/C=C\C/C=C\CCC(=O)OC(CO)COP(=O)(O)OCC(COC(=O)CCCCCCCCCCCCCCCCCCCCC)OC(=O)CCCCCCCCC/C=C\C/C=C\C/C=C\CC. The molecule has 0 aliphatic heterocycles. The molecule has 2 N–H and O–H groups in total. The minimum absolute atomic E-state index is 0.0536. The van der Waals surface area contributed by atoms with Crippen molar-refractivity contribution in [2.45, 2.75) is 277 Å². The quantitative estimate of drug-likeness (QED) is 0.0197. The van der Waals surface area contributed by atoms with E-state index in [4.69, 9.17) is 23.3 Å². The Balaban J connectivity index is 4.75. The Kier molecular flexibility index (Phi) is 55.3. The third kappa shape index (κ3) is 55.4. The number of phosphoric acid groups is 1. The second kappa shape index (κ2) is 57.8. The number of allylic oxidation sites excluding steroid dienone is 14. The lowest BCUT2D eigenvalue weighted by Gasteiger charge is -2.21. The number of carbonyl (C=O) groups excluding carboxylic acids is 3. The number of hydrogen-bond donors (Lipinski definition) is 2. The molecule has 12 heteroatoms. The van der Waals surface area contributed by atoms with E-state index in [9.17, 15) is 28.9 Å². The molecule has 0 saturated heterocycles. The van der Waals surface area contributed by atoms with Crippen LogP contribution in [0.1, 0.15) is 265 Å². The van der Waals surface area contributed by atoms with E-state index in [0.717, 1.165) is 103 Å². The monoisotopic (exact) mass is 1090 g/mol. The molecule has 0 saturated carbocycles. The van der Waals surface area contributed by atoms with E-state index in [1.807, 2.05) is 12.2 Å². The van der Waals surface area contributed by atoms with Crippen LogP contribution in [-0.2, 0) is 42.2 Å². The summed E-state index contributed by atoms with van der Waals surface area (Å²) in [5.74, 6) is -1.55. The average molecular weight is 1090 g/mol. The van der Waals surface area contributed by atoms with Gasteiger partial charge in [0.2, 0.25) is 0 Å². The average Bonchev–Trinajstić information content (AvgIpc) is 3.41. The van der Waals surface area contributed by atoms with Crippen LogP contribution in [0.2, 0.25) is 0 Å². The fraction of sp³-hybridized carbons (Fsp3) is 0.734. The maximum Gasteiger partial charge on any atom is 0.472 e. The van der Waals surface area contributed by atoms with Crippen molar-refractivity contribution in [3.63, 3.8) is 0 Å². The number of aliphatic hydroxyl groups is 1. The van der Waals surface area contributed by atoms with Gasteiger partial charge in [0.1, 0.15) is 12.7 Å². The summed E-state index contributed by atoms with van der Waals surface area (Å²) >= 11 is 0. The number of unbranched alkanes of at least 4 members (excludes halogenated alkanes) is 25. The van der Waals surface area contributed by atoms with Gasteiger partial charge in [0, 0.05) is 19.3 Å². The van der Waals surface area contributed by atoms with Gasteiger partial charge in [-0.05, 0) is 77.0 Å². The lowest BCUT2D eigenvalue weighted by Crippen LogP contribution is -2.30. The third-order valence-corrected chi connectivity index (χ3v) is 13.8. The second-order valence-corrected chi connectivity index (χ2v) is 21.6. The van der Waals surface area contributed by atoms with Gasteiger partial charge in [-0.2, -0.15) is 0 Å². The molecular weight excluding hydrogens is 976 g/mol. The Morgan fingerprint density at radius 3 is 1.13 bits per heavy atom. The van der Waals surface area contributed by atoms with Crippen molar-refractivity contribution in [2.75, 3.05) is 26.4 Å². The molecule has 76 heavy (non-hydrogen) atoms. The van der Waals surface area contributed by atoms with Gasteiger partial charge in [-0.3, -0.25) is 23.4 Å². The van der Waals surface area contributed by atoms with E-state index in [1.165, 1.54) is 103 Å². The molecule has 0 spiro atoms. The van der Waals surface area contributed by atoms with Crippen LogP contribution in [0.4, 0.5) is 0 Å². The van der Waals surface area contributed by atoms with Gasteiger partial charge < -0.3 is 24.2 Å². The molecular formula is C64H111O11P. The molecule has 0 aromatic heterocycles. The molecule has 438 valence electrons. The highest BCUT2D eigenvalue weighted by Gasteiger charge is 2.28. The highest BCUT2D eigenvalue weighted by atomic mass is 31.2. The summed E-state index contributed by atoms with van der Waals surface area (Å²) in [5.41, 5.74) is 0. The largest absolute Gasteiger partial charge is 0.472 e. The summed E-state index contributed by atoms with van der Waals surface area (Å²) in [6.07, 6.45) is 67.0. The number of carbonyl (C=O) groups is 3. The normalized spacial score (nSPS) is 13.9. The lowest BCUT2D eigenvalue weighted by molar-refractivity contribution is -0.161. The Labute approximate surface area is 464 Å². The first-order chi connectivity index (χ1) is 37.2. The van der Waals surface area contributed by atoms with Gasteiger partial charge in [-0.1, -0.05) is 254 Å². The molecule has 0 fully saturated rings. The Bertz CT molecular complexity index is 1600. The number of esters is 3. The molecule has 0 aliphatic rings. The molecule has 0 aromatic rings. The van der Waals surface area contributed by atoms with Crippen molar-refractivity contribution in [3.8, 4) is 0 Å². The topological polar surface area (TPSA) is 155 Å². The van der Waals surface area contributed by atoms with Gasteiger partial charge >= 0.3 is 25.7 Å². The van der Waals surface area contributed by atoms with Crippen molar-refractivity contribution >= 4 is 25.7 Å². The number of ether oxygens (including phenoxy) is 3. The molecule has 0 amide bonds. The number of rotatable bonds is 56. The minimum atomic E-state index is -4.77. The van der Waals surface area contributed by atoms with Crippen molar-refractivity contribution in [2.24, 2.45) is 0 Å². The fourth-order valence-corrected chi connectivity index (χ4v) is 9.05. The van der Waals surface area contributed by atoms with Crippen molar-refractivity contribution in [1.29, 1.82) is 0 Å². The van der Waals surface area contributed by atoms with E-state index in [1.54, 1.807) is 0 Å². The van der Waals surface area contributed by atoms with Crippen molar-refractivity contribution in [3.05, 3.63) is 85.1 Å². The summed E-state index contributed by atoms with van der Waals surface area (Å²) in [4.78, 5) is 48.6. The highest BCUT2D eigenvalue weighted by molar-refractivity contribution is 7.47. The first kappa shape index (κ1) is 72.7. The smallest absolute Gasteiger partial charge is 0.462 e. The molecule has 11 nitrogen and oxygen atoms in total. The van der Waals surface area contributed by atoms with Crippen molar-refractivity contribution in [1.82, 2.24) is 0 Å². The molecule has 0 aliphatic carbocycles. The van der Waals surface area contributed by atoms with Gasteiger partial charge in [0.05, 0.1) is 19.8 Å². The Hall–Kier alpha value is -3.34. The summed E-state index contributed by atoms with van der Waals surface area (Å²) in [7, 11) is -4.77. The fourth-order valence-electron chi connectivity index (χ4n) is 8.27. The summed E-state index contributed by atoms with van der Waals surface area (Å²) < 4.78 is 39.5. The molecule has 0 rings (SSSR count). The Morgan fingerprint density at radius 2 is 0.711 bits per heavy atom. The van der Waals surface area contributed by atoms with Gasteiger partial charge in [0.15, 0.2) is 6.10 Å². The predicted octanol–water partition coefficient (Wildman–Crippen LogP) is 18.3. The van der Waals surface area contributed by atoms with Crippen LogP contribution in [-0.4, -0.2) is 66.5 Å². The standard InChI is InChI=1S/C64H111O11P/c1-4-7-10-13-16-19-22-25-27-29-30-32-33-36-38-41-44-47-50-53-62(66)71-57-61(75-64(68)55-52-49-46-43-40-37-34-31-28-26-23-20-17-14-11-8-5-2)59-73-76(69,70)72-58-60(56-65)74-63(67)54-51-48-45-42-39-35-24-21-18-15-12-9-6-3/h8-9,11-12,17-18,20-21,26,28,35,39,45,48,60-61,65H,4-7,10,13-16,19,22-25,27,29-34,36-38,40-44,46-47,49-59H2,1-3H3,(H,69,70)/b11-8-,12-9-,20-17-,21-18-,28-26-,39-35-,48-45-. The van der Waals surface area contributed by atoms with Gasteiger partial charge in [-0.25, -0.2) is 4.57 Å². The minimum Gasteiger partial charge on any atom is -0.462 e. The van der Waals surface area contributed by atoms with Crippen LogP contribution in [0.3, 0.4) is 0 Å². The maximum absolute atomic E-state index is 12.9. The van der Waals surface area contributed by atoms with E-state index in [-0.39, 0.29) is 25.9 Å². The van der Waals surface area contributed by atoms with Crippen LogP contribution >= 0.6 is 7.82 Å². The van der Waals surface area contributed by atoms with Gasteiger partial charge in [-0.15, -0.1) is 0 Å². The lowest BCUT2D eigenvalue weighted by atomic mass is 10.0. The van der Waals surface area contributed by atoms with Crippen LogP contribution in [0, 0.1) is 0 Å². The molecule has 0 heterocycles. The zero-order valence-corrected chi connectivity index (χ0v) is 49.3. The third-order valence-electron chi connectivity index (χ3n) is 12.8. The predicted molar refractivity (Wildman–Crippen MR) is 316 cm³/mol. The first-order valence-corrected chi connectivity index (χ1v) is 32.0. The van der Waals surface area contributed by atoms with E-state index >= 15 is 0 Å². The Morgan fingerprint density at radius 1 is 0.382 bits per heavy atom. The van der Waals surface area contributed by atoms with Crippen LogP contribution in [0.5, 0.6) is 0 Å².